The molecule has 1 heterocycles. The van der Waals surface area contributed by atoms with Crippen molar-refractivity contribution in [3.05, 3.63) is 36.2 Å². The van der Waals surface area contributed by atoms with Crippen LogP contribution < -0.4 is 5.32 Å². The van der Waals surface area contributed by atoms with Crippen LogP contribution in [-0.4, -0.2) is 44.2 Å². The molecule has 0 spiro atoms. The van der Waals surface area contributed by atoms with Crippen molar-refractivity contribution in [3.63, 3.8) is 0 Å². The van der Waals surface area contributed by atoms with Crippen LogP contribution in [0, 0.1) is 0 Å². The van der Waals surface area contributed by atoms with E-state index in [1.54, 1.807) is 24.4 Å². The number of aromatic nitrogens is 2. The molecule has 2 aromatic rings. The van der Waals surface area contributed by atoms with E-state index in [4.69, 9.17) is 5.11 Å². The molecule has 0 saturated heterocycles. The summed E-state index contributed by atoms with van der Waals surface area (Å²) in [4.78, 5) is 30.8. The van der Waals surface area contributed by atoms with Crippen LogP contribution >= 0.6 is 0 Å². The number of carboxylic acids is 1. The van der Waals surface area contributed by atoms with Crippen LogP contribution in [0.5, 0.6) is 0 Å². The molecule has 0 bridgehead atoms. The summed E-state index contributed by atoms with van der Waals surface area (Å²) in [6.45, 7) is 1.20. The molecule has 2 rings (SSSR count). The van der Waals surface area contributed by atoms with Gasteiger partial charge in [-0.05, 0) is 25.1 Å². The second kappa shape index (κ2) is 5.84. The monoisotopic (exact) mass is 289 g/mol. The topological polar surface area (TPSA) is 112 Å². The second-order valence-corrected chi connectivity index (χ2v) is 5.01. The minimum absolute atomic E-state index is 0.156. The number of carboxylic acid groups (broad SMARTS) is 1. The van der Waals surface area contributed by atoms with E-state index >= 15 is 0 Å². The number of aliphatic hydroxyl groups is 1. The maximum atomic E-state index is 12.0. The van der Waals surface area contributed by atoms with E-state index in [2.05, 4.69) is 15.3 Å². The van der Waals surface area contributed by atoms with Gasteiger partial charge in [0.1, 0.15) is 0 Å². The lowest BCUT2D eigenvalue weighted by atomic mass is 10.0. The molecule has 0 saturated carbocycles. The molecular formula is C14H15N3O4. The number of fused-ring (bicyclic) bond motifs is 1. The number of carbonyl (C=O) groups excluding carboxylic acids is 1. The Morgan fingerprint density at radius 1 is 1.24 bits per heavy atom. The summed E-state index contributed by atoms with van der Waals surface area (Å²) in [6, 6.07) is 4.86. The Morgan fingerprint density at radius 2 is 1.90 bits per heavy atom. The predicted octanol–water partition coefficient (Wildman–Crippen LogP) is 0.585. The highest BCUT2D eigenvalue weighted by Gasteiger charge is 2.25. The van der Waals surface area contributed by atoms with Gasteiger partial charge in [-0.15, -0.1) is 0 Å². The first-order chi connectivity index (χ1) is 9.87. The molecule has 1 amide bonds. The van der Waals surface area contributed by atoms with Gasteiger partial charge in [0.25, 0.3) is 5.91 Å². The summed E-state index contributed by atoms with van der Waals surface area (Å²) < 4.78 is 0. The van der Waals surface area contributed by atoms with E-state index in [9.17, 15) is 14.7 Å². The molecule has 21 heavy (non-hydrogen) atoms. The molecule has 1 atom stereocenters. The number of hydrogen-bond donors (Lipinski definition) is 3. The molecule has 0 aliphatic heterocycles. The van der Waals surface area contributed by atoms with Crippen molar-refractivity contribution in [1.82, 2.24) is 15.3 Å². The quantitative estimate of drug-likeness (QED) is 0.742. The van der Waals surface area contributed by atoms with E-state index in [0.29, 0.717) is 16.6 Å². The van der Waals surface area contributed by atoms with E-state index < -0.39 is 23.9 Å². The Labute approximate surface area is 120 Å². The smallest absolute Gasteiger partial charge is 0.306 e. The molecule has 0 aliphatic rings. The first-order valence-electron chi connectivity index (χ1n) is 6.30. The number of benzene rings is 1. The number of rotatable bonds is 5. The SMILES string of the molecule is CC(O)(CNC(=O)c1ccc2nccnc2c1)CC(=O)O. The van der Waals surface area contributed by atoms with E-state index in [1.807, 2.05) is 0 Å². The number of carbonyl (C=O) groups is 2. The molecule has 0 aliphatic carbocycles. The second-order valence-electron chi connectivity index (χ2n) is 5.01. The lowest BCUT2D eigenvalue weighted by Gasteiger charge is -2.21. The van der Waals surface area contributed by atoms with Gasteiger partial charge < -0.3 is 15.5 Å². The third kappa shape index (κ3) is 3.96. The van der Waals surface area contributed by atoms with Gasteiger partial charge in [0.2, 0.25) is 0 Å². The molecule has 7 nitrogen and oxygen atoms in total. The van der Waals surface area contributed by atoms with Crippen LogP contribution in [0.1, 0.15) is 23.7 Å². The van der Waals surface area contributed by atoms with Gasteiger partial charge >= 0.3 is 5.97 Å². The summed E-state index contributed by atoms with van der Waals surface area (Å²) in [5.74, 6) is -1.54. The summed E-state index contributed by atoms with van der Waals surface area (Å²) in [7, 11) is 0. The fourth-order valence-corrected chi connectivity index (χ4v) is 1.87. The summed E-state index contributed by atoms with van der Waals surface area (Å²) in [6.07, 6.45) is 2.64. The van der Waals surface area contributed by atoms with Gasteiger partial charge in [-0.2, -0.15) is 0 Å². The van der Waals surface area contributed by atoms with Crippen molar-refractivity contribution in [2.24, 2.45) is 0 Å². The lowest BCUT2D eigenvalue weighted by Crippen LogP contribution is -2.42. The molecule has 0 radical (unpaired) electrons. The maximum Gasteiger partial charge on any atom is 0.306 e. The van der Waals surface area contributed by atoms with Gasteiger partial charge in [-0.25, -0.2) is 0 Å². The third-order valence-corrected chi connectivity index (χ3v) is 2.89. The first-order valence-corrected chi connectivity index (χ1v) is 6.30. The van der Waals surface area contributed by atoms with Crippen LogP contribution in [0.3, 0.4) is 0 Å². The molecular weight excluding hydrogens is 274 g/mol. The van der Waals surface area contributed by atoms with Gasteiger partial charge in [0.05, 0.1) is 23.1 Å². The summed E-state index contributed by atoms with van der Waals surface area (Å²) in [5.41, 5.74) is 0.126. The fourth-order valence-electron chi connectivity index (χ4n) is 1.87. The fraction of sp³-hybridized carbons (Fsp3) is 0.286. The van der Waals surface area contributed by atoms with Crippen molar-refractivity contribution < 1.29 is 19.8 Å². The Kier molecular flexibility index (Phi) is 4.13. The number of nitrogens with one attached hydrogen (secondary N) is 1. The zero-order valence-electron chi connectivity index (χ0n) is 11.4. The van der Waals surface area contributed by atoms with Crippen molar-refractivity contribution in [3.8, 4) is 0 Å². The highest BCUT2D eigenvalue weighted by Crippen LogP contribution is 2.12. The van der Waals surface area contributed by atoms with E-state index in [1.165, 1.54) is 13.1 Å². The molecule has 1 unspecified atom stereocenters. The molecule has 1 aromatic heterocycles. The predicted molar refractivity (Wildman–Crippen MR) is 74.7 cm³/mol. The van der Waals surface area contributed by atoms with Gasteiger partial charge in [-0.1, -0.05) is 0 Å². The third-order valence-electron chi connectivity index (χ3n) is 2.89. The summed E-state index contributed by atoms with van der Waals surface area (Å²) >= 11 is 0. The van der Waals surface area contributed by atoms with E-state index in [0.717, 1.165) is 0 Å². The Morgan fingerprint density at radius 3 is 2.57 bits per heavy atom. The number of nitrogens with zero attached hydrogens (tertiary/aromatic N) is 2. The highest BCUT2D eigenvalue weighted by atomic mass is 16.4. The lowest BCUT2D eigenvalue weighted by molar-refractivity contribution is -0.141. The molecule has 7 heteroatoms. The molecule has 3 N–H and O–H groups in total. The van der Waals surface area contributed by atoms with Crippen molar-refractivity contribution in [2.45, 2.75) is 18.9 Å². The normalized spacial score (nSPS) is 13.6. The maximum absolute atomic E-state index is 12.0. The van der Waals surface area contributed by atoms with Crippen LogP contribution in [-0.2, 0) is 4.79 Å². The largest absolute Gasteiger partial charge is 0.481 e. The van der Waals surface area contributed by atoms with Crippen LogP contribution in [0.15, 0.2) is 30.6 Å². The van der Waals surface area contributed by atoms with Crippen LogP contribution in [0.2, 0.25) is 0 Å². The highest BCUT2D eigenvalue weighted by molar-refractivity contribution is 5.97. The zero-order chi connectivity index (χ0) is 15.5. The Bertz CT molecular complexity index is 685. The summed E-state index contributed by atoms with van der Waals surface area (Å²) in [5, 5.41) is 21.0. The number of hydrogen-bond acceptors (Lipinski definition) is 5. The Balaban J connectivity index is 2.07. The number of aliphatic carboxylic acids is 1. The van der Waals surface area contributed by atoms with Crippen molar-refractivity contribution >= 4 is 22.9 Å². The average molecular weight is 289 g/mol. The minimum Gasteiger partial charge on any atom is -0.481 e. The first kappa shape index (κ1) is 14.9. The van der Waals surface area contributed by atoms with Crippen LogP contribution in [0.4, 0.5) is 0 Å². The van der Waals surface area contributed by atoms with Crippen LogP contribution in [0.25, 0.3) is 11.0 Å². The standard InChI is InChI=1S/C14H15N3O4/c1-14(21,7-12(18)19)8-17-13(20)9-2-3-10-11(6-9)16-5-4-15-10/h2-6,21H,7-8H2,1H3,(H,17,20)(H,18,19). The number of amides is 1. The molecule has 110 valence electrons. The Hall–Kier alpha value is -2.54. The average Bonchev–Trinajstić information content (AvgIpc) is 2.43. The molecule has 0 fully saturated rings. The van der Waals surface area contributed by atoms with Gasteiger partial charge in [0.15, 0.2) is 0 Å². The van der Waals surface area contributed by atoms with Gasteiger partial charge in [0, 0.05) is 24.5 Å². The van der Waals surface area contributed by atoms with Crippen molar-refractivity contribution in [2.75, 3.05) is 6.54 Å². The van der Waals surface area contributed by atoms with Crippen molar-refractivity contribution in [1.29, 1.82) is 0 Å². The van der Waals surface area contributed by atoms with Gasteiger partial charge in [-0.3, -0.25) is 19.6 Å². The zero-order valence-corrected chi connectivity index (χ0v) is 11.4. The van der Waals surface area contributed by atoms with E-state index in [-0.39, 0.29) is 6.54 Å². The molecule has 1 aromatic carbocycles. The minimum atomic E-state index is -1.50.